The highest BCUT2D eigenvalue weighted by Crippen LogP contribution is 2.38. The van der Waals surface area contributed by atoms with Crippen LogP contribution in [0.15, 0.2) is 6.20 Å². The van der Waals surface area contributed by atoms with Crippen LogP contribution in [0.3, 0.4) is 0 Å². The van der Waals surface area contributed by atoms with Crippen LogP contribution in [0, 0.1) is 0 Å². The molecule has 2 N–H and O–H groups in total. The number of alkyl halides is 1. The van der Waals surface area contributed by atoms with Gasteiger partial charge in [-0.3, -0.25) is 0 Å². The number of amides is 1. The number of likely N-dealkylation sites (tertiary alicyclic amines) is 1. The van der Waals surface area contributed by atoms with Gasteiger partial charge in [0.15, 0.2) is 5.67 Å². The maximum absolute atomic E-state index is 14.5. The number of piperidine rings is 1. The number of carbonyl (C=O) groups is 1. The van der Waals surface area contributed by atoms with Crippen molar-refractivity contribution in [1.29, 1.82) is 0 Å². The van der Waals surface area contributed by atoms with Crippen molar-refractivity contribution in [3.8, 4) is 0 Å². The van der Waals surface area contributed by atoms with Crippen LogP contribution in [-0.4, -0.2) is 39.3 Å². The molecule has 94 valence electrons. The predicted molar refractivity (Wildman–Crippen MR) is 59.7 cm³/mol. The smallest absolute Gasteiger partial charge is 0.407 e. The first-order chi connectivity index (χ1) is 8.05. The lowest BCUT2D eigenvalue weighted by atomic mass is 9.94. The molecule has 1 saturated heterocycles. The maximum Gasteiger partial charge on any atom is 0.407 e. The topological polar surface area (TPSA) is 73.7 Å². The Morgan fingerprint density at radius 1 is 1.59 bits per heavy atom. The zero-order chi connectivity index (χ0) is 12.5. The second-order valence-electron chi connectivity index (χ2n) is 4.02. The van der Waals surface area contributed by atoms with Gasteiger partial charge < -0.3 is 15.1 Å². The number of carboxylic acid groups (broad SMARTS) is 1. The average molecular weight is 260 g/mol. The number of hydrogen-bond donors (Lipinski definition) is 2. The molecule has 2 rings (SSSR count). The molecule has 0 atom stereocenters. The van der Waals surface area contributed by atoms with Gasteiger partial charge in [0.05, 0.1) is 11.5 Å². The molecule has 1 fully saturated rings. The minimum atomic E-state index is -1.55. The van der Waals surface area contributed by atoms with Gasteiger partial charge >= 0.3 is 6.09 Å². The number of halogens is 1. The van der Waals surface area contributed by atoms with Crippen LogP contribution in [0.1, 0.15) is 22.7 Å². The number of aliphatic hydroxyl groups excluding tert-OH is 1. The molecule has 5 nitrogen and oxygen atoms in total. The number of rotatable bonds is 2. The Bertz CT molecular complexity index is 415. The Labute approximate surface area is 102 Å². The van der Waals surface area contributed by atoms with Crippen molar-refractivity contribution in [3.63, 3.8) is 0 Å². The van der Waals surface area contributed by atoms with Gasteiger partial charge in [-0.15, -0.1) is 11.3 Å². The van der Waals surface area contributed by atoms with Gasteiger partial charge in [0.25, 0.3) is 0 Å². The monoisotopic (exact) mass is 260 g/mol. The first-order valence-corrected chi connectivity index (χ1v) is 6.09. The van der Waals surface area contributed by atoms with Crippen molar-refractivity contribution >= 4 is 17.4 Å². The summed E-state index contributed by atoms with van der Waals surface area (Å²) in [6.45, 7) is 0.217. The molecule has 1 aromatic heterocycles. The van der Waals surface area contributed by atoms with E-state index < -0.39 is 11.8 Å². The molecular weight excluding hydrogens is 247 g/mol. The summed E-state index contributed by atoms with van der Waals surface area (Å²) in [5.41, 5.74) is -1.55. The van der Waals surface area contributed by atoms with Crippen LogP contribution < -0.4 is 0 Å². The summed E-state index contributed by atoms with van der Waals surface area (Å²) >= 11 is 1.15. The van der Waals surface area contributed by atoms with Gasteiger partial charge in [0, 0.05) is 32.1 Å². The summed E-state index contributed by atoms with van der Waals surface area (Å²) in [7, 11) is 0. The zero-order valence-electron chi connectivity index (χ0n) is 9.10. The Morgan fingerprint density at radius 2 is 2.24 bits per heavy atom. The molecule has 0 bridgehead atoms. The van der Waals surface area contributed by atoms with E-state index in [0.717, 1.165) is 11.3 Å². The highest BCUT2D eigenvalue weighted by Gasteiger charge is 2.40. The van der Waals surface area contributed by atoms with Gasteiger partial charge in [-0.05, 0) is 0 Å². The van der Waals surface area contributed by atoms with Crippen LogP contribution in [0.25, 0.3) is 0 Å². The zero-order valence-corrected chi connectivity index (χ0v) is 9.91. The van der Waals surface area contributed by atoms with Crippen LogP contribution in [-0.2, 0) is 12.3 Å². The highest BCUT2D eigenvalue weighted by molar-refractivity contribution is 7.11. The van der Waals surface area contributed by atoms with E-state index in [2.05, 4.69) is 4.98 Å². The standard InChI is InChI=1S/C10H13FN2O3S/c11-10(8-12-5-7(6-14)17-8)1-3-13(4-2-10)9(15)16/h5,14H,1-4,6H2,(H,15,16). The third kappa shape index (κ3) is 2.39. The van der Waals surface area contributed by atoms with Crippen molar-refractivity contribution in [1.82, 2.24) is 9.88 Å². The van der Waals surface area contributed by atoms with E-state index in [1.54, 1.807) is 0 Å². The molecule has 17 heavy (non-hydrogen) atoms. The molecule has 0 unspecified atom stereocenters. The molecular formula is C10H13FN2O3S. The summed E-state index contributed by atoms with van der Waals surface area (Å²) < 4.78 is 14.5. The quantitative estimate of drug-likeness (QED) is 0.846. The molecule has 1 amide bonds. The number of nitrogens with zero attached hydrogens (tertiary/aromatic N) is 2. The van der Waals surface area contributed by atoms with Gasteiger partial charge in [0.2, 0.25) is 0 Å². The average Bonchev–Trinajstić information content (AvgIpc) is 2.78. The Kier molecular flexibility index (Phi) is 3.30. The van der Waals surface area contributed by atoms with E-state index in [1.807, 2.05) is 0 Å². The first-order valence-electron chi connectivity index (χ1n) is 5.28. The molecule has 0 radical (unpaired) electrons. The van der Waals surface area contributed by atoms with Crippen LogP contribution in [0.4, 0.5) is 9.18 Å². The fourth-order valence-electron chi connectivity index (χ4n) is 1.85. The van der Waals surface area contributed by atoms with Crippen LogP contribution in [0.2, 0.25) is 0 Å². The predicted octanol–water partition coefficient (Wildman–Crippen LogP) is 1.57. The number of aliphatic hydroxyl groups is 1. The molecule has 0 aliphatic carbocycles. The van der Waals surface area contributed by atoms with E-state index in [4.69, 9.17) is 10.2 Å². The Balaban J connectivity index is 2.08. The maximum atomic E-state index is 14.5. The molecule has 7 heteroatoms. The lowest BCUT2D eigenvalue weighted by Gasteiger charge is -2.33. The number of thiazole rings is 1. The largest absolute Gasteiger partial charge is 0.465 e. The van der Waals surface area contributed by atoms with Gasteiger partial charge in [-0.25, -0.2) is 14.2 Å². The van der Waals surface area contributed by atoms with E-state index in [-0.39, 0.29) is 32.5 Å². The molecule has 0 aromatic carbocycles. The second kappa shape index (κ2) is 4.58. The fourth-order valence-corrected chi connectivity index (χ4v) is 2.76. The van der Waals surface area contributed by atoms with Crippen LogP contribution in [0.5, 0.6) is 0 Å². The van der Waals surface area contributed by atoms with Crippen molar-refractivity contribution in [2.24, 2.45) is 0 Å². The molecule has 1 aliphatic heterocycles. The summed E-state index contributed by atoms with van der Waals surface area (Å²) in [4.78, 5) is 16.5. The SMILES string of the molecule is O=C(O)N1CCC(F)(c2ncc(CO)s2)CC1. The Morgan fingerprint density at radius 3 is 2.71 bits per heavy atom. The fraction of sp³-hybridized carbons (Fsp3) is 0.600. The number of hydrogen-bond acceptors (Lipinski definition) is 4. The van der Waals surface area contributed by atoms with E-state index in [9.17, 15) is 9.18 Å². The van der Waals surface area contributed by atoms with Crippen molar-refractivity contribution in [2.75, 3.05) is 13.1 Å². The van der Waals surface area contributed by atoms with Crippen molar-refractivity contribution in [3.05, 3.63) is 16.1 Å². The first kappa shape index (κ1) is 12.3. The van der Waals surface area contributed by atoms with Crippen molar-refractivity contribution in [2.45, 2.75) is 25.1 Å². The van der Waals surface area contributed by atoms with E-state index in [1.165, 1.54) is 11.1 Å². The summed E-state index contributed by atoms with van der Waals surface area (Å²) in [6, 6.07) is 0. The minimum absolute atomic E-state index is 0.123. The third-order valence-electron chi connectivity index (χ3n) is 2.92. The summed E-state index contributed by atoms with van der Waals surface area (Å²) in [5, 5.41) is 18.0. The Hall–Kier alpha value is -1.21. The lowest BCUT2D eigenvalue weighted by molar-refractivity contribution is 0.0550. The van der Waals surface area contributed by atoms with Gasteiger partial charge in [-0.1, -0.05) is 0 Å². The van der Waals surface area contributed by atoms with Crippen LogP contribution >= 0.6 is 11.3 Å². The summed E-state index contributed by atoms with van der Waals surface area (Å²) in [6.07, 6.45) is 0.697. The molecule has 0 spiro atoms. The molecule has 1 aliphatic rings. The molecule has 0 saturated carbocycles. The number of aromatic nitrogens is 1. The van der Waals surface area contributed by atoms with Gasteiger partial charge in [0.1, 0.15) is 5.01 Å². The van der Waals surface area contributed by atoms with E-state index >= 15 is 0 Å². The second-order valence-corrected chi connectivity index (χ2v) is 5.14. The lowest BCUT2D eigenvalue weighted by Crippen LogP contribution is -2.42. The van der Waals surface area contributed by atoms with Gasteiger partial charge in [-0.2, -0.15) is 0 Å². The normalized spacial score (nSPS) is 19.3. The van der Waals surface area contributed by atoms with E-state index in [0.29, 0.717) is 9.88 Å². The molecule has 2 heterocycles. The van der Waals surface area contributed by atoms with Crippen molar-refractivity contribution < 1.29 is 19.4 Å². The highest BCUT2D eigenvalue weighted by atomic mass is 32.1. The third-order valence-corrected chi connectivity index (χ3v) is 4.08. The molecule has 1 aromatic rings. The minimum Gasteiger partial charge on any atom is -0.465 e. The summed E-state index contributed by atoms with van der Waals surface area (Å²) in [5.74, 6) is 0.